The van der Waals surface area contributed by atoms with Crippen LogP contribution in [0.5, 0.6) is 0 Å². The summed E-state index contributed by atoms with van der Waals surface area (Å²) >= 11 is 0. The molecule has 98 valence electrons. The average Bonchev–Trinajstić information content (AvgIpc) is 2.25. The van der Waals surface area contributed by atoms with Gasteiger partial charge in [-0.3, -0.25) is 4.79 Å². The number of aryl methyl sites for hydroxylation is 2. The van der Waals surface area contributed by atoms with Crippen molar-refractivity contribution < 1.29 is 4.79 Å². The van der Waals surface area contributed by atoms with Crippen molar-refractivity contribution in [3.05, 3.63) is 34.9 Å². The molecule has 18 heavy (non-hydrogen) atoms. The van der Waals surface area contributed by atoms with E-state index < -0.39 is 0 Å². The SMILES string of the molecule is Cc1ccc(CNC(=O)C(C)C2CNC2)c(C)c1. The van der Waals surface area contributed by atoms with Crippen LogP contribution in [0.2, 0.25) is 0 Å². The maximum Gasteiger partial charge on any atom is 0.223 e. The summed E-state index contributed by atoms with van der Waals surface area (Å²) in [6.45, 7) is 8.77. The molecule has 3 heteroatoms. The highest BCUT2D eigenvalue weighted by Gasteiger charge is 2.28. The van der Waals surface area contributed by atoms with Crippen molar-refractivity contribution in [1.29, 1.82) is 0 Å². The summed E-state index contributed by atoms with van der Waals surface area (Å²) in [6, 6.07) is 6.34. The van der Waals surface area contributed by atoms with Gasteiger partial charge >= 0.3 is 0 Å². The Morgan fingerprint density at radius 3 is 2.72 bits per heavy atom. The third kappa shape index (κ3) is 2.91. The molecule has 1 aliphatic heterocycles. The maximum atomic E-state index is 12.0. The number of carbonyl (C=O) groups is 1. The number of nitrogens with one attached hydrogen (secondary N) is 2. The second-order valence-corrected chi connectivity index (χ2v) is 5.35. The van der Waals surface area contributed by atoms with E-state index >= 15 is 0 Å². The zero-order valence-corrected chi connectivity index (χ0v) is 11.4. The lowest BCUT2D eigenvalue weighted by atomic mass is 9.88. The molecule has 1 amide bonds. The molecule has 1 atom stereocenters. The Balaban J connectivity index is 1.88. The fourth-order valence-electron chi connectivity index (χ4n) is 2.27. The topological polar surface area (TPSA) is 41.1 Å². The van der Waals surface area contributed by atoms with Gasteiger partial charge in [0.2, 0.25) is 5.91 Å². The maximum absolute atomic E-state index is 12.0. The Morgan fingerprint density at radius 1 is 1.44 bits per heavy atom. The van der Waals surface area contributed by atoms with E-state index in [4.69, 9.17) is 0 Å². The van der Waals surface area contributed by atoms with Crippen LogP contribution in [0.15, 0.2) is 18.2 Å². The third-order valence-corrected chi connectivity index (χ3v) is 3.88. The first-order valence-electron chi connectivity index (χ1n) is 6.62. The number of hydrogen-bond donors (Lipinski definition) is 2. The molecule has 0 saturated carbocycles. The summed E-state index contributed by atoms with van der Waals surface area (Å²) in [4.78, 5) is 12.0. The summed E-state index contributed by atoms with van der Waals surface area (Å²) in [5, 5.41) is 6.25. The summed E-state index contributed by atoms with van der Waals surface area (Å²) in [6.07, 6.45) is 0. The van der Waals surface area contributed by atoms with Crippen LogP contribution >= 0.6 is 0 Å². The van der Waals surface area contributed by atoms with Crippen molar-refractivity contribution in [2.24, 2.45) is 11.8 Å². The molecule has 0 aliphatic carbocycles. The van der Waals surface area contributed by atoms with Gasteiger partial charge < -0.3 is 10.6 Å². The van der Waals surface area contributed by atoms with E-state index in [9.17, 15) is 4.79 Å². The molecule has 1 heterocycles. The number of hydrogen-bond acceptors (Lipinski definition) is 2. The van der Waals surface area contributed by atoms with E-state index in [1.807, 2.05) is 6.92 Å². The molecule has 1 aliphatic rings. The highest BCUT2D eigenvalue weighted by molar-refractivity contribution is 5.78. The van der Waals surface area contributed by atoms with E-state index in [0.717, 1.165) is 13.1 Å². The minimum atomic E-state index is 0.108. The van der Waals surface area contributed by atoms with Gasteiger partial charge in [-0.1, -0.05) is 30.7 Å². The smallest absolute Gasteiger partial charge is 0.223 e. The van der Waals surface area contributed by atoms with Gasteiger partial charge in [0.1, 0.15) is 0 Å². The zero-order valence-electron chi connectivity index (χ0n) is 11.4. The highest BCUT2D eigenvalue weighted by atomic mass is 16.1. The minimum Gasteiger partial charge on any atom is -0.352 e. The summed E-state index contributed by atoms with van der Waals surface area (Å²) < 4.78 is 0. The lowest BCUT2D eigenvalue weighted by molar-refractivity contribution is -0.126. The average molecular weight is 246 g/mol. The van der Waals surface area contributed by atoms with Gasteiger partial charge in [-0.2, -0.15) is 0 Å². The van der Waals surface area contributed by atoms with Gasteiger partial charge in [-0.25, -0.2) is 0 Å². The molecule has 2 N–H and O–H groups in total. The van der Waals surface area contributed by atoms with Gasteiger partial charge in [-0.15, -0.1) is 0 Å². The van der Waals surface area contributed by atoms with Crippen molar-refractivity contribution >= 4 is 5.91 Å². The van der Waals surface area contributed by atoms with Gasteiger partial charge in [0.25, 0.3) is 0 Å². The van der Waals surface area contributed by atoms with Crippen molar-refractivity contribution in [3.63, 3.8) is 0 Å². The van der Waals surface area contributed by atoms with Gasteiger partial charge in [-0.05, 0) is 44.0 Å². The molecule has 1 fully saturated rings. The van der Waals surface area contributed by atoms with Crippen molar-refractivity contribution in [2.75, 3.05) is 13.1 Å². The Labute approximate surface area is 109 Å². The lowest BCUT2D eigenvalue weighted by Gasteiger charge is -2.31. The van der Waals surface area contributed by atoms with Crippen LogP contribution in [0.25, 0.3) is 0 Å². The molecular weight excluding hydrogens is 224 g/mol. The van der Waals surface area contributed by atoms with E-state index in [2.05, 4.69) is 42.7 Å². The normalized spacial score (nSPS) is 17.1. The zero-order chi connectivity index (χ0) is 13.1. The number of rotatable bonds is 4. The summed E-state index contributed by atoms with van der Waals surface area (Å²) in [5.74, 6) is 0.780. The lowest BCUT2D eigenvalue weighted by Crippen LogP contribution is -2.49. The molecule has 1 aromatic carbocycles. The Bertz CT molecular complexity index is 438. The predicted molar refractivity (Wildman–Crippen MR) is 73.3 cm³/mol. The summed E-state index contributed by atoms with van der Waals surface area (Å²) in [7, 11) is 0. The molecule has 2 rings (SSSR count). The Morgan fingerprint density at radius 2 is 2.17 bits per heavy atom. The fraction of sp³-hybridized carbons (Fsp3) is 0.533. The molecule has 0 bridgehead atoms. The van der Waals surface area contributed by atoms with E-state index in [1.165, 1.54) is 16.7 Å². The van der Waals surface area contributed by atoms with Crippen LogP contribution < -0.4 is 10.6 Å². The fourth-order valence-corrected chi connectivity index (χ4v) is 2.27. The molecule has 0 spiro atoms. The highest BCUT2D eigenvalue weighted by Crippen LogP contribution is 2.16. The van der Waals surface area contributed by atoms with Crippen molar-refractivity contribution in [3.8, 4) is 0 Å². The number of benzene rings is 1. The van der Waals surface area contributed by atoms with E-state index in [-0.39, 0.29) is 11.8 Å². The molecule has 0 aromatic heterocycles. The molecule has 0 radical (unpaired) electrons. The second-order valence-electron chi connectivity index (χ2n) is 5.35. The predicted octanol–water partition coefficient (Wildman–Crippen LogP) is 1.78. The minimum absolute atomic E-state index is 0.108. The van der Waals surface area contributed by atoms with Gasteiger partial charge in [0.15, 0.2) is 0 Å². The summed E-state index contributed by atoms with van der Waals surface area (Å²) in [5.41, 5.74) is 3.71. The van der Waals surface area contributed by atoms with Crippen LogP contribution in [-0.4, -0.2) is 19.0 Å². The Hall–Kier alpha value is -1.35. The Kier molecular flexibility index (Phi) is 4.02. The quantitative estimate of drug-likeness (QED) is 0.850. The largest absolute Gasteiger partial charge is 0.352 e. The van der Waals surface area contributed by atoms with Crippen molar-refractivity contribution in [2.45, 2.75) is 27.3 Å². The number of carbonyl (C=O) groups excluding carboxylic acids is 1. The van der Waals surface area contributed by atoms with Crippen LogP contribution in [0.3, 0.4) is 0 Å². The van der Waals surface area contributed by atoms with Crippen LogP contribution in [0.1, 0.15) is 23.6 Å². The number of amides is 1. The first-order chi connectivity index (χ1) is 8.58. The van der Waals surface area contributed by atoms with Gasteiger partial charge in [0, 0.05) is 12.5 Å². The monoisotopic (exact) mass is 246 g/mol. The molecular formula is C15H22N2O. The van der Waals surface area contributed by atoms with E-state index in [1.54, 1.807) is 0 Å². The van der Waals surface area contributed by atoms with Crippen molar-refractivity contribution in [1.82, 2.24) is 10.6 Å². The standard InChI is InChI=1S/C15H22N2O/c1-10-4-5-13(11(2)6-10)9-17-15(18)12(3)14-7-16-8-14/h4-6,12,14,16H,7-9H2,1-3H3,(H,17,18). The van der Waals surface area contributed by atoms with Gasteiger partial charge in [0.05, 0.1) is 0 Å². The second kappa shape index (κ2) is 5.53. The molecule has 1 aromatic rings. The van der Waals surface area contributed by atoms with E-state index in [0.29, 0.717) is 12.5 Å². The van der Waals surface area contributed by atoms with Crippen LogP contribution in [-0.2, 0) is 11.3 Å². The first kappa shape index (κ1) is 13.1. The first-order valence-corrected chi connectivity index (χ1v) is 6.62. The van der Waals surface area contributed by atoms with Crippen LogP contribution in [0.4, 0.5) is 0 Å². The third-order valence-electron chi connectivity index (χ3n) is 3.88. The molecule has 3 nitrogen and oxygen atoms in total. The van der Waals surface area contributed by atoms with Crippen LogP contribution in [0, 0.1) is 25.7 Å². The molecule has 1 unspecified atom stereocenters. The molecule has 1 saturated heterocycles.